The Bertz CT molecular complexity index is 881. The van der Waals surface area contributed by atoms with E-state index in [9.17, 15) is 4.79 Å². The van der Waals surface area contributed by atoms with Crippen molar-refractivity contribution in [3.05, 3.63) is 70.5 Å². The summed E-state index contributed by atoms with van der Waals surface area (Å²) in [6.45, 7) is 2.00. The molecule has 1 atom stereocenters. The maximum absolute atomic E-state index is 12.9. The van der Waals surface area contributed by atoms with Crippen molar-refractivity contribution in [1.82, 2.24) is 4.57 Å². The highest BCUT2D eigenvalue weighted by atomic mass is 16.5. The molecule has 0 amide bonds. The first-order valence-electron chi connectivity index (χ1n) is 7.14. The lowest BCUT2D eigenvalue weighted by atomic mass is 10.1. The molecule has 2 heterocycles. The van der Waals surface area contributed by atoms with Crippen LogP contribution in [0.15, 0.2) is 59.4 Å². The first-order valence-corrected chi connectivity index (χ1v) is 7.14. The second-order valence-corrected chi connectivity index (χ2v) is 5.43. The van der Waals surface area contributed by atoms with Gasteiger partial charge in [0.05, 0.1) is 11.1 Å². The summed E-state index contributed by atoms with van der Waals surface area (Å²) >= 11 is 0. The topological polar surface area (TPSA) is 31.2 Å². The molecular weight excluding hydrogens is 262 g/mol. The van der Waals surface area contributed by atoms with Crippen molar-refractivity contribution in [2.45, 2.75) is 19.4 Å². The average molecular weight is 277 g/mol. The lowest BCUT2D eigenvalue weighted by Gasteiger charge is -2.13. The molecule has 3 heteroatoms. The van der Waals surface area contributed by atoms with Crippen molar-refractivity contribution in [1.29, 1.82) is 0 Å². The molecule has 0 aliphatic carbocycles. The highest BCUT2D eigenvalue weighted by Crippen LogP contribution is 2.34. The quantitative estimate of drug-likeness (QED) is 0.683. The van der Waals surface area contributed by atoms with Gasteiger partial charge >= 0.3 is 0 Å². The Morgan fingerprint density at radius 1 is 1.05 bits per heavy atom. The van der Waals surface area contributed by atoms with E-state index in [-0.39, 0.29) is 11.7 Å². The molecule has 3 aromatic rings. The van der Waals surface area contributed by atoms with E-state index in [1.807, 2.05) is 61.5 Å². The minimum atomic E-state index is 0.0271. The Kier molecular flexibility index (Phi) is 2.61. The maximum atomic E-state index is 12.9. The van der Waals surface area contributed by atoms with Gasteiger partial charge in [-0.1, -0.05) is 30.3 Å². The van der Waals surface area contributed by atoms with Gasteiger partial charge in [0.1, 0.15) is 11.9 Å². The van der Waals surface area contributed by atoms with Gasteiger partial charge in [-0.25, -0.2) is 0 Å². The van der Waals surface area contributed by atoms with Crippen LogP contribution >= 0.6 is 0 Å². The van der Waals surface area contributed by atoms with E-state index in [0.29, 0.717) is 6.42 Å². The van der Waals surface area contributed by atoms with Gasteiger partial charge in [-0.05, 0) is 31.2 Å². The molecule has 1 aromatic heterocycles. The zero-order valence-electron chi connectivity index (χ0n) is 11.7. The van der Waals surface area contributed by atoms with Gasteiger partial charge in [-0.2, -0.15) is 0 Å². The van der Waals surface area contributed by atoms with Crippen LogP contribution in [-0.4, -0.2) is 10.7 Å². The van der Waals surface area contributed by atoms with Gasteiger partial charge in [0.2, 0.25) is 0 Å². The lowest BCUT2D eigenvalue weighted by molar-refractivity contribution is 0.257. The van der Waals surface area contributed by atoms with E-state index in [0.717, 1.165) is 27.9 Å². The Morgan fingerprint density at radius 3 is 2.57 bits per heavy atom. The number of hydrogen-bond donors (Lipinski definition) is 0. The molecule has 0 fully saturated rings. The van der Waals surface area contributed by atoms with E-state index in [1.54, 1.807) is 4.57 Å². The minimum Gasteiger partial charge on any atom is -0.489 e. The van der Waals surface area contributed by atoms with Crippen LogP contribution in [0.5, 0.6) is 5.75 Å². The minimum absolute atomic E-state index is 0.0271. The number of ether oxygens (including phenoxy) is 1. The van der Waals surface area contributed by atoms with Crippen LogP contribution in [0.1, 0.15) is 12.5 Å². The molecule has 0 spiro atoms. The molecule has 0 bridgehead atoms. The summed E-state index contributed by atoms with van der Waals surface area (Å²) in [6, 6.07) is 17.7. The fourth-order valence-electron chi connectivity index (χ4n) is 3.04. The molecule has 0 saturated carbocycles. The van der Waals surface area contributed by atoms with Gasteiger partial charge < -0.3 is 4.74 Å². The highest BCUT2D eigenvalue weighted by molar-refractivity contribution is 5.88. The number of rotatable bonds is 1. The fraction of sp³-hybridized carbons (Fsp3) is 0.167. The standard InChI is InChI=1S/C18H15NO2/c1-12-11-15-17(21-12)14-9-5-6-10-16(14)19(18(15)20)13-7-3-2-4-8-13/h2-10,12H,11H2,1H3. The van der Waals surface area contributed by atoms with Gasteiger partial charge in [0.15, 0.2) is 0 Å². The Balaban J connectivity index is 2.15. The number of pyridine rings is 1. The first kappa shape index (κ1) is 12.2. The smallest absolute Gasteiger partial charge is 0.262 e. The van der Waals surface area contributed by atoms with E-state index in [4.69, 9.17) is 4.74 Å². The molecule has 4 rings (SSSR count). The van der Waals surface area contributed by atoms with Crippen LogP contribution in [-0.2, 0) is 6.42 Å². The summed E-state index contributed by atoms with van der Waals surface area (Å²) in [5.74, 6) is 0.760. The third-order valence-electron chi connectivity index (χ3n) is 3.95. The summed E-state index contributed by atoms with van der Waals surface area (Å²) < 4.78 is 7.67. The molecule has 104 valence electrons. The van der Waals surface area contributed by atoms with Gasteiger partial charge in [-0.15, -0.1) is 0 Å². The zero-order chi connectivity index (χ0) is 14.4. The van der Waals surface area contributed by atoms with Gasteiger partial charge in [-0.3, -0.25) is 9.36 Å². The molecule has 1 unspecified atom stereocenters. The number of hydrogen-bond acceptors (Lipinski definition) is 2. The van der Waals surface area contributed by atoms with Crippen LogP contribution < -0.4 is 10.3 Å². The predicted octanol–water partition coefficient (Wildman–Crippen LogP) is 3.31. The van der Waals surface area contributed by atoms with Crippen molar-refractivity contribution < 1.29 is 4.74 Å². The molecule has 0 N–H and O–H groups in total. The predicted molar refractivity (Wildman–Crippen MR) is 83.3 cm³/mol. The van der Waals surface area contributed by atoms with Crippen LogP contribution in [0.4, 0.5) is 0 Å². The summed E-state index contributed by atoms with van der Waals surface area (Å²) in [4.78, 5) is 12.9. The average Bonchev–Trinajstić information content (AvgIpc) is 2.91. The Morgan fingerprint density at radius 2 is 1.76 bits per heavy atom. The van der Waals surface area contributed by atoms with Crippen molar-refractivity contribution in [3.8, 4) is 11.4 Å². The summed E-state index contributed by atoms with van der Waals surface area (Å²) in [6.07, 6.45) is 0.731. The van der Waals surface area contributed by atoms with E-state index in [1.165, 1.54) is 0 Å². The van der Waals surface area contributed by atoms with E-state index < -0.39 is 0 Å². The molecular formula is C18H15NO2. The fourth-order valence-corrected chi connectivity index (χ4v) is 3.04. The number of para-hydroxylation sites is 2. The second kappa shape index (κ2) is 4.48. The molecule has 1 aliphatic heterocycles. The van der Waals surface area contributed by atoms with Crippen LogP contribution in [0.25, 0.3) is 16.6 Å². The lowest BCUT2D eigenvalue weighted by Crippen LogP contribution is -2.22. The summed E-state index contributed by atoms with van der Waals surface area (Å²) in [5.41, 5.74) is 2.59. The van der Waals surface area contributed by atoms with Crippen molar-refractivity contribution in [2.75, 3.05) is 0 Å². The zero-order valence-corrected chi connectivity index (χ0v) is 11.7. The Labute approximate surface area is 122 Å². The molecule has 2 aromatic carbocycles. The third-order valence-corrected chi connectivity index (χ3v) is 3.95. The maximum Gasteiger partial charge on any atom is 0.262 e. The number of aromatic nitrogens is 1. The van der Waals surface area contributed by atoms with E-state index >= 15 is 0 Å². The summed E-state index contributed by atoms with van der Waals surface area (Å²) in [5, 5.41) is 1.00. The highest BCUT2D eigenvalue weighted by Gasteiger charge is 2.26. The monoisotopic (exact) mass is 277 g/mol. The number of benzene rings is 2. The van der Waals surface area contributed by atoms with Crippen LogP contribution in [0.3, 0.4) is 0 Å². The van der Waals surface area contributed by atoms with Gasteiger partial charge in [0.25, 0.3) is 5.56 Å². The van der Waals surface area contributed by atoms with Crippen LogP contribution in [0, 0.1) is 0 Å². The molecule has 1 aliphatic rings. The number of nitrogens with zero attached hydrogens (tertiary/aromatic N) is 1. The number of fused-ring (bicyclic) bond motifs is 3. The van der Waals surface area contributed by atoms with Crippen molar-refractivity contribution in [2.24, 2.45) is 0 Å². The third kappa shape index (κ3) is 1.77. The molecule has 3 nitrogen and oxygen atoms in total. The van der Waals surface area contributed by atoms with E-state index in [2.05, 4.69) is 0 Å². The Hall–Kier alpha value is -2.55. The SMILES string of the molecule is CC1Cc2c(c3ccccc3n(-c3ccccc3)c2=O)O1. The van der Waals surface area contributed by atoms with Crippen molar-refractivity contribution >= 4 is 10.9 Å². The molecule has 21 heavy (non-hydrogen) atoms. The molecule has 0 radical (unpaired) electrons. The largest absolute Gasteiger partial charge is 0.489 e. The first-order chi connectivity index (χ1) is 10.3. The van der Waals surface area contributed by atoms with Crippen molar-refractivity contribution in [3.63, 3.8) is 0 Å². The van der Waals surface area contributed by atoms with Crippen LogP contribution in [0.2, 0.25) is 0 Å². The molecule has 0 saturated heterocycles. The van der Waals surface area contributed by atoms with Gasteiger partial charge in [0, 0.05) is 17.5 Å². The summed E-state index contributed by atoms with van der Waals surface area (Å²) in [7, 11) is 0. The second-order valence-electron chi connectivity index (χ2n) is 5.43. The normalized spacial score (nSPS) is 16.7.